The average Bonchev–Trinajstić information content (AvgIpc) is 3.52. The van der Waals surface area contributed by atoms with Crippen molar-refractivity contribution in [2.45, 2.75) is 62.9 Å². The molecule has 31 heavy (non-hydrogen) atoms. The summed E-state index contributed by atoms with van der Waals surface area (Å²) >= 11 is 0. The number of likely N-dealkylation sites (tertiary alicyclic amines) is 1. The molecule has 1 fully saturated rings. The molecule has 8 nitrogen and oxygen atoms in total. The molecule has 0 bridgehead atoms. The summed E-state index contributed by atoms with van der Waals surface area (Å²) in [5.41, 5.74) is 5.73. The molecule has 9 heteroatoms. The van der Waals surface area contributed by atoms with Crippen molar-refractivity contribution in [1.29, 1.82) is 0 Å². The first kappa shape index (κ1) is 20.5. The van der Waals surface area contributed by atoms with E-state index in [2.05, 4.69) is 26.1 Å². The van der Waals surface area contributed by atoms with Crippen molar-refractivity contribution in [2.24, 2.45) is 0 Å². The number of aryl methyl sites for hydroxylation is 2. The van der Waals surface area contributed by atoms with Crippen LogP contribution in [0.5, 0.6) is 0 Å². The number of aromatic nitrogens is 2. The predicted molar refractivity (Wildman–Crippen MR) is 118 cm³/mol. The second kappa shape index (κ2) is 8.27. The molecular formula is C22H29N5O3S. The van der Waals surface area contributed by atoms with Gasteiger partial charge in [0.25, 0.3) is 10.0 Å². The van der Waals surface area contributed by atoms with Crippen molar-refractivity contribution in [3.63, 3.8) is 0 Å². The molecule has 0 atom stereocenters. The van der Waals surface area contributed by atoms with Crippen LogP contribution in [0, 0.1) is 0 Å². The van der Waals surface area contributed by atoms with E-state index in [1.165, 1.54) is 41.2 Å². The summed E-state index contributed by atoms with van der Waals surface area (Å²) in [6, 6.07) is 3.00. The van der Waals surface area contributed by atoms with Crippen LogP contribution < -0.4 is 10.0 Å². The smallest absolute Gasteiger partial charge is 0.307 e. The Balaban J connectivity index is 1.27. The fourth-order valence-electron chi connectivity index (χ4n) is 5.14. The van der Waals surface area contributed by atoms with Crippen molar-refractivity contribution >= 4 is 21.7 Å². The Hall–Kier alpha value is -2.39. The van der Waals surface area contributed by atoms with Gasteiger partial charge in [0.05, 0.1) is 6.54 Å². The maximum atomic E-state index is 12.7. The summed E-state index contributed by atoms with van der Waals surface area (Å²) in [6.45, 7) is 3.64. The molecule has 1 saturated heterocycles. The van der Waals surface area contributed by atoms with Crippen LogP contribution in [0.1, 0.15) is 47.9 Å². The predicted octanol–water partition coefficient (Wildman–Crippen LogP) is 2.47. The second-order valence-electron chi connectivity index (χ2n) is 8.76. The number of sulfonamides is 1. The standard InChI is InChI=1S/C22H29N5O3S/c28-22(23-21-18-7-3-5-16(18)15-17-6-4-8-19(17)21)25-31(29,30)20-9-12-27(24-20)14-13-26-10-1-2-11-26/h9,12,15H,1-8,10-11,13-14H2,(H2,23,25,28). The number of hydrogen-bond donors (Lipinski definition) is 2. The highest BCUT2D eigenvalue weighted by atomic mass is 32.2. The highest BCUT2D eigenvalue weighted by Gasteiger charge is 2.27. The Bertz CT molecular complexity index is 1070. The molecule has 2 amide bonds. The van der Waals surface area contributed by atoms with Gasteiger partial charge >= 0.3 is 6.03 Å². The SMILES string of the molecule is O=C(Nc1c2c(cc3c1CCC3)CCC2)NS(=O)(=O)c1ccn(CCN2CCCC2)n1. The van der Waals surface area contributed by atoms with Crippen LogP contribution in [-0.2, 0) is 42.3 Å². The van der Waals surface area contributed by atoms with Gasteiger partial charge in [0.1, 0.15) is 0 Å². The van der Waals surface area contributed by atoms with E-state index in [9.17, 15) is 13.2 Å². The minimum absolute atomic E-state index is 0.132. The third kappa shape index (κ3) is 4.21. The molecule has 2 aliphatic carbocycles. The van der Waals surface area contributed by atoms with Gasteiger partial charge in [-0.1, -0.05) is 6.07 Å². The van der Waals surface area contributed by atoms with E-state index >= 15 is 0 Å². The number of benzene rings is 1. The van der Waals surface area contributed by atoms with E-state index in [-0.39, 0.29) is 5.03 Å². The fourth-order valence-corrected chi connectivity index (χ4v) is 5.99. The number of rotatable bonds is 6. The molecule has 0 unspecified atom stereocenters. The summed E-state index contributed by atoms with van der Waals surface area (Å²) in [5, 5.41) is 6.91. The number of carbonyl (C=O) groups excluding carboxylic acids is 1. The molecule has 1 aliphatic heterocycles. The lowest BCUT2D eigenvalue weighted by Crippen LogP contribution is -2.35. The lowest BCUT2D eigenvalue weighted by atomic mass is 9.99. The molecule has 166 valence electrons. The molecule has 3 aliphatic rings. The van der Waals surface area contributed by atoms with Crippen LogP contribution in [0.15, 0.2) is 23.4 Å². The number of urea groups is 1. The van der Waals surface area contributed by atoms with Crippen LogP contribution in [-0.4, -0.2) is 48.8 Å². The normalized spacial score (nSPS) is 18.2. The van der Waals surface area contributed by atoms with Crippen LogP contribution in [0.3, 0.4) is 0 Å². The molecule has 0 spiro atoms. The zero-order valence-electron chi connectivity index (χ0n) is 17.7. The molecule has 1 aromatic heterocycles. The summed E-state index contributed by atoms with van der Waals surface area (Å²) in [7, 11) is -4.03. The van der Waals surface area contributed by atoms with Crippen molar-refractivity contribution < 1.29 is 13.2 Å². The third-order valence-electron chi connectivity index (χ3n) is 6.67. The third-order valence-corrected chi connectivity index (χ3v) is 7.90. The Kier molecular flexibility index (Phi) is 5.47. The molecule has 2 N–H and O–H groups in total. The number of amides is 2. The lowest BCUT2D eigenvalue weighted by Gasteiger charge is -2.16. The maximum absolute atomic E-state index is 12.7. The van der Waals surface area contributed by atoms with Crippen LogP contribution in [0.2, 0.25) is 0 Å². The quantitative estimate of drug-likeness (QED) is 0.715. The summed E-state index contributed by atoms with van der Waals surface area (Å²) < 4.78 is 29.2. The van der Waals surface area contributed by atoms with Gasteiger partial charge in [-0.15, -0.1) is 0 Å². The van der Waals surface area contributed by atoms with E-state index in [1.54, 1.807) is 10.9 Å². The molecule has 5 rings (SSSR count). The highest BCUT2D eigenvalue weighted by Crippen LogP contribution is 2.38. The average molecular weight is 444 g/mol. The summed E-state index contributed by atoms with van der Waals surface area (Å²) in [5.74, 6) is 0. The van der Waals surface area contributed by atoms with Gasteiger partial charge in [0.15, 0.2) is 5.03 Å². The molecule has 1 aromatic carbocycles. The largest absolute Gasteiger partial charge is 0.333 e. The first-order valence-corrected chi connectivity index (χ1v) is 12.7. The van der Waals surface area contributed by atoms with Crippen LogP contribution in [0.25, 0.3) is 0 Å². The van der Waals surface area contributed by atoms with Gasteiger partial charge in [-0.05, 0) is 92.8 Å². The summed E-state index contributed by atoms with van der Waals surface area (Å²) in [4.78, 5) is 15.0. The van der Waals surface area contributed by atoms with E-state index in [0.29, 0.717) is 6.54 Å². The number of carbonyl (C=O) groups is 1. The van der Waals surface area contributed by atoms with Gasteiger partial charge < -0.3 is 10.2 Å². The van der Waals surface area contributed by atoms with Gasteiger partial charge in [0, 0.05) is 18.4 Å². The zero-order chi connectivity index (χ0) is 21.4. The van der Waals surface area contributed by atoms with Crippen LogP contribution in [0.4, 0.5) is 10.5 Å². The van der Waals surface area contributed by atoms with Crippen molar-refractivity contribution in [2.75, 3.05) is 25.0 Å². The zero-order valence-corrected chi connectivity index (χ0v) is 18.5. The number of anilines is 1. The lowest BCUT2D eigenvalue weighted by molar-refractivity contribution is 0.256. The van der Waals surface area contributed by atoms with E-state index in [0.717, 1.165) is 63.8 Å². The van der Waals surface area contributed by atoms with Crippen LogP contribution >= 0.6 is 0 Å². The minimum Gasteiger partial charge on any atom is -0.307 e. The van der Waals surface area contributed by atoms with Crippen molar-refractivity contribution in [1.82, 2.24) is 19.4 Å². The fraction of sp³-hybridized carbons (Fsp3) is 0.545. The van der Waals surface area contributed by atoms with Crippen molar-refractivity contribution in [3.8, 4) is 0 Å². The van der Waals surface area contributed by atoms with Gasteiger partial charge in [-0.3, -0.25) is 4.68 Å². The number of hydrogen-bond acceptors (Lipinski definition) is 5. The summed E-state index contributed by atoms with van der Waals surface area (Å²) in [6.07, 6.45) is 10.1. The van der Waals surface area contributed by atoms with Gasteiger partial charge in [0.2, 0.25) is 0 Å². The Morgan fingerprint density at radius 2 is 1.65 bits per heavy atom. The maximum Gasteiger partial charge on any atom is 0.333 e. The van der Waals surface area contributed by atoms with E-state index in [1.807, 2.05) is 0 Å². The monoisotopic (exact) mass is 443 g/mol. The topological polar surface area (TPSA) is 96.3 Å². The van der Waals surface area contributed by atoms with Gasteiger partial charge in [-0.2, -0.15) is 13.5 Å². The Labute approximate surface area is 183 Å². The number of nitrogens with one attached hydrogen (secondary N) is 2. The second-order valence-corrected chi connectivity index (χ2v) is 10.4. The van der Waals surface area contributed by atoms with E-state index < -0.39 is 16.1 Å². The molecule has 0 radical (unpaired) electrons. The minimum atomic E-state index is -4.03. The van der Waals surface area contributed by atoms with Crippen molar-refractivity contribution in [3.05, 3.63) is 40.6 Å². The van der Waals surface area contributed by atoms with E-state index in [4.69, 9.17) is 0 Å². The molecule has 2 heterocycles. The molecule has 2 aromatic rings. The number of fused-ring (bicyclic) bond motifs is 2. The molecular weight excluding hydrogens is 414 g/mol. The highest BCUT2D eigenvalue weighted by molar-refractivity contribution is 7.90. The first-order chi connectivity index (χ1) is 15.0. The number of nitrogens with zero attached hydrogens (tertiary/aromatic N) is 3. The molecule has 0 saturated carbocycles. The van der Waals surface area contributed by atoms with Gasteiger partial charge in [-0.25, -0.2) is 9.52 Å². The first-order valence-electron chi connectivity index (χ1n) is 11.3. The Morgan fingerprint density at radius 1 is 0.968 bits per heavy atom. The Morgan fingerprint density at radius 3 is 2.32 bits per heavy atom.